The molecule has 2 aromatic heterocycles. The van der Waals surface area contributed by atoms with E-state index in [0.717, 1.165) is 90.1 Å². The standard InChI is InChI=1S/C62H46B2N2O4/c1-31-17-35(5)59-41(21-31)42-22-32(2)18-36(6)60(42)65(59)39-25-53-57-55(27-39)69-51-30-52-48(29-47(51)63(57)45-13-9-11-15-49(45)67-53)64-46-14-10-12-16-50(46)68-54-26-40(28-56(70-52)58(54)64)66-61-37(7)19-33(3)23-43(61)44-24-34(4)20-38(8)62(44)66/h9-30H,1-8H3. The predicted molar refractivity (Wildman–Crippen MR) is 288 cm³/mol. The van der Waals surface area contributed by atoms with Gasteiger partial charge >= 0.3 is 0 Å². The number of aryl methyl sites for hydroxylation is 8. The van der Waals surface area contributed by atoms with Crippen molar-refractivity contribution in [2.24, 2.45) is 0 Å². The summed E-state index contributed by atoms with van der Waals surface area (Å²) >= 11 is 0. The number of para-hydroxylation sites is 2. The Bertz CT molecular complexity index is 3860. The second-order valence-corrected chi connectivity index (χ2v) is 20.6. The summed E-state index contributed by atoms with van der Waals surface area (Å²) in [5, 5.41) is 5.00. The number of benzene rings is 9. The summed E-state index contributed by atoms with van der Waals surface area (Å²) in [6.45, 7) is 17.4. The average Bonchev–Trinajstić information content (AvgIpc) is 3.84. The lowest BCUT2D eigenvalue weighted by Crippen LogP contribution is -2.61. The van der Waals surface area contributed by atoms with Gasteiger partial charge in [-0.15, -0.1) is 0 Å². The maximum Gasteiger partial charge on any atom is 0.260 e. The van der Waals surface area contributed by atoms with E-state index in [-0.39, 0.29) is 13.4 Å². The smallest absolute Gasteiger partial charge is 0.260 e. The van der Waals surface area contributed by atoms with Gasteiger partial charge < -0.3 is 28.1 Å². The Morgan fingerprint density at radius 3 is 0.957 bits per heavy atom. The lowest BCUT2D eigenvalue weighted by atomic mass is 9.31. The third kappa shape index (κ3) is 5.31. The number of fused-ring (bicyclic) bond motifs is 14. The summed E-state index contributed by atoms with van der Waals surface area (Å²) in [6.07, 6.45) is 0. The summed E-state index contributed by atoms with van der Waals surface area (Å²) in [5.74, 6) is 6.42. The Kier molecular flexibility index (Phi) is 7.85. The zero-order valence-corrected chi connectivity index (χ0v) is 40.4. The van der Waals surface area contributed by atoms with Crippen molar-refractivity contribution in [3.05, 3.63) is 178 Å². The van der Waals surface area contributed by atoms with Crippen LogP contribution in [0.4, 0.5) is 0 Å². The largest absolute Gasteiger partial charge is 0.458 e. The fraction of sp³-hybridized carbons (Fsp3) is 0.129. The molecule has 0 saturated heterocycles. The van der Waals surface area contributed by atoms with Crippen LogP contribution in [0.15, 0.2) is 133 Å². The molecule has 70 heavy (non-hydrogen) atoms. The molecule has 0 radical (unpaired) electrons. The fourth-order valence-electron chi connectivity index (χ4n) is 13.2. The molecule has 15 rings (SSSR count). The normalized spacial score (nSPS) is 13.5. The molecule has 0 N–H and O–H groups in total. The first-order chi connectivity index (χ1) is 33.9. The van der Waals surface area contributed by atoms with Crippen molar-refractivity contribution in [1.82, 2.24) is 9.13 Å². The lowest BCUT2D eigenvalue weighted by molar-refractivity contribution is 0.451. The van der Waals surface area contributed by atoms with Crippen LogP contribution < -0.4 is 51.7 Å². The monoisotopic (exact) mass is 904 g/mol. The van der Waals surface area contributed by atoms with Gasteiger partial charge in [0.05, 0.1) is 33.4 Å². The first-order valence-corrected chi connectivity index (χ1v) is 24.4. The van der Waals surface area contributed by atoms with Crippen LogP contribution in [0, 0.1) is 55.4 Å². The average molecular weight is 905 g/mol. The molecule has 0 unspecified atom stereocenters. The zero-order valence-electron chi connectivity index (χ0n) is 40.4. The van der Waals surface area contributed by atoms with Crippen LogP contribution in [-0.4, -0.2) is 22.6 Å². The Balaban J connectivity index is 0.952. The molecule has 9 aromatic carbocycles. The van der Waals surface area contributed by atoms with Crippen molar-refractivity contribution < 1.29 is 18.9 Å². The molecule has 0 amide bonds. The summed E-state index contributed by atoms with van der Waals surface area (Å²) in [5.41, 5.74) is 23.1. The van der Waals surface area contributed by atoms with Crippen molar-refractivity contribution in [1.29, 1.82) is 0 Å². The number of aromatic nitrogens is 2. The van der Waals surface area contributed by atoms with Crippen LogP contribution in [0.5, 0.6) is 46.0 Å². The molecule has 0 atom stereocenters. The van der Waals surface area contributed by atoms with E-state index in [2.05, 4.69) is 198 Å². The van der Waals surface area contributed by atoms with Gasteiger partial charge in [0.1, 0.15) is 46.0 Å². The molecule has 0 spiro atoms. The maximum atomic E-state index is 7.25. The van der Waals surface area contributed by atoms with E-state index in [0.29, 0.717) is 0 Å². The minimum atomic E-state index is -0.141. The van der Waals surface area contributed by atoms with Gasteiger partial charge in [0.25, 0.3) is 13.4 Å². The van der Waals surface area contributed by atoms with Crippen LogP contribution in [-0.2, 0) is 0 Å². The summed E-state index contributed by atoms with van der Waals surface area (Å²) in [7, 11) is 0. The highest BCUT2D eigenvalue weighted by molar-refractivity contribution is 7.01. The predicted octanol–water partition coefficient (Wildman–Crippen LogP) is 11.8. The van der Waals surface area contributed by atoms with Crippen LogP contribution in [0.3, 0.4) is 0 Å². The van der Waals surface area contributed by atoms with E-state index in [1.165, 1.54) is 88.1 Å². The molecule has 8 heteroatoms. The number of hydrogen-bond acceptors (Lipinski definition) is 4. The summed E-state index contributed by atoms with van der Waals surface area (Å²) < 4.78 is 33.3. The highest BCUT2D eigenvalue weighted by Gasteiger charge is 2.45. The minimum Gasteiger partial charge on any atom is -0.458 e. The number of hydrogen-bond donors (Lipinski definition) is 0. The number of ether oxygens (including phenoxy) is 4. The van der Waals surface area contributed by atoms with Gasteiger partial charge in [0.2, 0.25) is 0 Å². The van der Waals surface area contributed by atoms with Crippen LogP contribution in [0.2, 0.25) is 0 Å². The van der Waals surface area contributed by atoms with Gasteiger partial charge in [-0.3, -0.25) is 0 Å². The molecule has 0 fully saturated rings. The second kappa shape index (κ2) is 13.8. The van der Waals surface area contributed by atoms with Crippen LogP contribution >= 0.6 is 0 Å². The van der Waals surface area contributed by atoms with Gasteiger partial charge in [-0.25, -0.2) is 0 Å². The van der Waals surface area contributed by atoms with E-state index in [4.69, 9.17) is 18.9 Å². The third-order valence-electron chi connectivity index (χ3n) is 15.6. The molecule has 4 aliphatic rings. The summed E-state index contributed by atoms with van der Waals surface area (Å²) in [4.78, 5) is 0. The van der Waals surface area contributed by atoms with E-state index < -0.39 is 0 Å². The van der Waals surface area contributed by atoms with Gasteiger partial charge in [-0.2, -0.15) is 0 Å². The number of nitrogens with zero attached hydrogens (tertiary/aromatic N) is 2. The summed E-state index contributed by atoms with van der Waals surface area (Å²) in [6, 6.07) is 48.8. The topological polar surface area (TPSA) is 46.8 Å². The van der Waals surface area contributed by atoms with Gasteiger partial charge in [0, 0.05) is 62.8 Å². The quantitative estimate of drug-likeness (QED) is 0.162. The Hall–Kier alpha value is -8.09. The zero-order chi connectivity index (χ0) is 47.2. The molecule has 6 nitrogen and oxygen atoms in total. The highest BCUT2D eigenvalue weighted by Crippen LogP contribution is 2.45. The molecule has 334 valence electrons. The maximum absolute atomic E-state index is 7.25. The lowest BCUT2D eigenvalue weighted by Gasteiger charge is -2.37. The van der Waals surface area contributed by atoms with Crippen LogP contribution in [0.1, 0.15) is 44.5 Å². The molecule has 0 bridgehead atoms. The first kappa shape index (κ1) is 39.9. The van der Waals surface area contributed by atoms with E-state index >= 15 is 0 Å². The van der Waals surface area contributed by atoms with Gasteiger partial charge in [-0.1, -0.05) is 89.0 Å². The van der Waals surface area contributed by atoms with Crippen molar-refractivity contribution in [3.63, 3.8) is 0 Å². The van der Waals surface area contributed by atoms with Crippen molar-refractivity contribution in [2.75, 3.05) is 0 Å². The van der Waals surface area contributed by atoms with Crippen molar-refractivity contribution >= 4 is 89.8 Å². The first-order valence-electron chi connectivity index (χ1n) is 24.4. The van der Waals surface area contributed by atoms with E-state index in [1.807, 2.05) is 0 Å². The molecular weight excluding hydrogens is 858 g/mol. The van der Waals surface area contributed by atoms with Gasteiger partial charge in [0.15, 0.2) is 0 Å². The molecule has 0 aliphatic carbocycles. The van der Waals surface area contributed by atoms with Gasteiger partial charge in [-0.05, 0) is 136 Å². The third-order valence-corrected chi connectivity index (χ3v) is 15.6. The second-order valence-electron chi connectivity index (χ2n) is 20.6. The molecular formula is C62H46B2N2O4. The SMILES string of the molecule is Cc1cc(C)c2c(c1)c1cc(C)cc(C)c1n2-c1cc2c3c(c1)Oc1cc4c(cc1B3c1ccccc1O2)B1c2ccccc2Oc2cc(-n3c5c(C)cc(C)cc5c5cc(C)cc(C)c53)cc(c21)O4. The van der Waals surface area contributed by atoms with Crippen molar-refractivity contribution in [2.45, 2.75) is 55.4 Å². The molecule has 4 aliphatic heterocycles. The minimum absolute atomic E-state index is 0.141. The van der Waals surface area contributed by atoms with Crippen LogP contribution in [0.25, 0.3) is 55.0 Å². The highest BCUT2D eigenvalue weighted by atomic mass is 16.5. The Labute approximate surface area is 406 Å². The Morgan fingerprint density at radius 1 is 0.300 bits per heavy atom. The Morgan fingerprint density at radius 2 is 0.614 bits per heavy atom. The molecule has 6 heterocycles. The van der Waals surface area contributed by atoms with Crippen molar-refractivity contribution in [3.8, 4) is 57.4 Å². The molecule has 11 aromatic rings. The fourth-order valence-corrected chi connectivity index (χ4v) is 13.2. The molecule has 0 saturated carbocycles. The van der Waals surface area contributed by atoms with E-state index in [1.54, 1.807) is 0 Å². The number of rotatable bonds is 2. The van der Waals surface area contributed by atoms with E-state index in [9.17, 15) is 0 Å².